The lowest BCUT2D eigenvalue weighted by atomic mass is 9.91. The average Bonchev–Trinajstić information content (AvgIpc) is 2.42. The van der Waals surface area contributed by atoms with Crippen molar-refractivity contribution in [3.63, 3.8) is 0 Å². The molecule has 1 aliphatic rings. The van der Waals surface area contributed by atoms with Crippen LogP contribution in [0.25, 0.3) is 0 Å². The second-order valence-electron chi connectivity index (χ2n) is 5.56. The Hall–Kier alpha value is -0.980. The molecule has 0 radical (unpaired) electrons. The summed E-state index contributed by atoms with van der Waals surface area (Å²) in [6, 6.07) is 5.07. The van der Waals surface area contributed by atoms with E-state index in [2.05, 4.69) is 18.8 Å². The van der Waals surface area contributed by atoms with Crippen molar-refractivity contribution in [2.45, 2.75) is 43.6 Å². The minimum atomic E-state index is -0.207. The van der Waals surface area contributed by atoms with Gasteiger partial charge in [-0.2, -0.15) is 11.8 Å². The van der Waals surface area contributed by atoms with Gasteiger partial charge in [0.15, 0.2) is 0 Å². The quantitative estimate of drug-likeness (QED) is 0.853. The van der Waals surface area contributed by atoms with E-state index in [4.69, 9.17) is 5.73 Å². The molecule has 2 N–H and O–H groups in total. The van der Waals surface area contributed by atoms with Crippen LogP contribution in [0.4, 0.5) is 4.39 Å². The highest BCUT2D eigenvalue weighted by atomic mass is 32.2. The lowest BCUT2D eigenvalue weighted by molar-refractivity contribution is 0.394. The summed E-state index contributed by atoms with van der Waals surface area (Å²) in [5, 5.41) is 0.723. The van der Waals surface area contributed by atoms with Gasteiger partial charge < -0.3 is 5.73 Å². The van der Waals surface area contributed by atoms with Gasteiger partial charge in [-0.1, -0.05) is 31.6 Å². The molecular formula is C17H22FNS. The minimum absolute atomic E-state index is 0.207. The standard InChI is InChI=1S/C17H22FNS/c1-13-4-2-6-17(8-13)20-12-15-9-14(5-3-7-19)10-16(18)11-15/h9-11,13,17H,2,4,6-8,12,19H2,1H3. The molecule has 1 aromatic carbocycles. The van der Waals surface area contributed by atoms with E-state index >= 15 is 0 Å². The molecule has 108 valence electrons. The summed E-state index contributed by atoms with van der Waals surface area (Å²) in [5.41, 5.74) is 7.10. The molecule has 1 aliphatic carbocycles. The number of hydrogen-bond acceptors (Lipinski definition) is 2. The molecule has 1 saturated carbocycles. The molecular weight excluding hydrogens is 269 g/mol. The van der Waals surface area contributed by atoms with E-state index in [1.54, 1.807) is 6.07 Å². The second kappa shape index (κ2) is 7.71. The third-order valence-electron chi connectivity index (χ3n) is 3.67. The van der Waals surface area contributed by atoms with Crippen LogP contribution in [0, 0.1) is 23.6 Å². The van der Waals surface area contributed by atoms with Gasteiger partial charge in [-0.15, -0.1) is 0 Å². The van der Waals surface area contributed by atoms with E-state index < -0.39 is 0 Å². The highest BCUT2D eigenvalue weighted by Gasteiger charge is 2.19. The molecule has 1 aromatic rings. The van der Waals surface area contributed by atoms with Gasteiger partial charge >= 0.3 is 0 Å². The molecule has 2 atom stereocenters. The summed E-state index contributed by atoms with van der Waals surface area (Å²) in [7, 11) is 0. The van der Waals surface area contributed by atoms with Gasteiger partial charge in [0, 0.05) is 16.6 Å². The molecule has 0 aromatic heterocycles. The third-order valence-corrected chi connectivity index (χ3v) is 5.07. The number of thioether (sulfide) groups is 1. The zero-order valence-corrected chi connectivity index (χ0v) is 12.8. The van der Waals surface area contributed by atoms with Crippen LogP contribution in [0.15, 0.2) is 18.2 Å². The Balaban J connectivity index is 1.96. The lowest BCUT2D eigenvalue weighted by Gasteiger charge is -2.26. The summed E-state index contributed by atoms with van der Waals surface area (Å²) >= 11 is 1.96. The highest BCUT2D eigenvalue weighted by molar-refractivity contribution is 7.99. The van der Waals surface area contributed by atoms with E-state index in [0.717, 1.165) is 28.0 Å². The highest BCUT2D eigenvalue weighted by Crippen LogP contribution is 2.33. The van der Waals surface area contributed by atoms with Gasteiger partial charge in [0.25, 0.3) is 0 Å². The maximum atomic E-state index is 13.6. The first-order valence-corrected chi connectivity index (χ1v) is 8.32. The Bertz CT molecular complexity index is 503. The van der Waals surface area contributed by atoms with Crippen LogP contribution in [0.1, 0.15) is 43.7 Å². The Morgan fingerprint density at radius 2 is 2.20 bits per heavy atom. The zero-order valence-electron chi connectivity index (χ0n) is 12.0. The van der Waals surface area contributed by atoms with Crippen LogP contribution >= 0.6 is 11.8 Å². The van der Waals surface area contributed by atoms with Gasteiger partial charge in [-0.25, -0.2) is 4.39 Å². The minimum Gasteiger partial charge on any atom is -0.320 e. The third kappa shape index (κ3) is 4.85. The van der Waals surface area contributed by atoms with E-state index in [9.17, 15) is 4.39 Å². The molecule has 3 heteroatoms. The monoisotopic (exact) mass is 291 g/mol. The SMILES string of the molecule is CC1CCCC(SCc2cc(F)cc(C#CCN)c2)C1. The fraction of sp³-hybridized carbons (Fsp3) is 0.529. The molecule has 2 unspecified atom stereocenters. The first-order valence-electron chi connectivity index (χ1n) is 7.27. The van der Waals surface area contributed by atoms with Crippen LogP contribution < -0.4 is 5.73 Å². The summed E-state index contributed by atoms with van der Waals surface area (Å²) in [4.78, 5) is 0. The van der Waals surface area contributed by atoms with Crippen molar-refractivity contribution < 1.29 is 4.39 Å². The van der Waals surface area contributed by atoms with Crippen molar-refractivity contribution >= 4 is 11.8 Å². The Morgan fingerprint density at radius 1 is 1.35 bits per heavy atom. The van der Waals surface area contributed by atoms with Crippen molar-refractivity contribution in [1.82, 2.24) is 0 Å². The van der Waals surface area contributed by atoms with Crippen LogP contribution in [0.3, 0.4) is 0 Å². The molecule has 1 nitrogen and oxygen atoms in total. The summed E-state index contributed by atoms with van der Waals surface area (Å²) in [5.74, 6) is 7.17. The predicted molar refractivity (Wildman–Crippen MR) is 85.0 cm³/mol. The molecule has 20 heavy (non-hydrogen) atoms. The van der Waals surface area contributed by atoms with Crippen LogP contribution in [-0.4, -0.2) is 11.8 Å². The van der Waals surface area contributed by atoms with Crippen LogP contribution in [0.2, 0.25) is 0 Å². The molecule has 0 aliphatic heterocycles. The molecule has 0 bridgehead atoms. The predicted octanol–water partition coefficient (Wildman–Crippen LogP) is 3.95. The van der Waals surface area contributed by atoms with Crippen molar-refractivity contribution in [1.29, 1.82) is 0 Å². The fourth-order valence-electron chi connectivity index (χ4n) is 2.70. The Labute approximate surface area is 125 Å². The van der Waals surface area contributed by atoms with Gasteiger partial charge in [0.05, 0.1) is 6.54 Å². The number of halogens is 1. The molecule has 2 rings (SSSR count). The van der Waals surface area contributed by atoms with Crippen molar-refractivity contribution in [2.24, 2.45) is 11.7 Å². The fourth-order valence-corrected chi connectivity index (χ4v) is 4.10. The maximum absolute atomic E-state index is 13.6. The smallest absolute Gasteiger partial charge is 0.124 e. The Kier molecular flexibility index (Phi) is 5.94. The molecule has 0 spiro atoms. The summed E-state index contributed by atoms with van der Waals surface area (Å²) < 4.78 is 13.6. The second-order valence-corrected chi connectivity index (χ2v) is 6.85. The number of benzene rings is 1. The molecule has 1 fully saturated rings. The topological polar surface area (TPSA) is 26.0 Å². The van der Waals surface area contributed by atoms with Gasteiger partial charge in [0.1, 0.15) is 5.82 Å². The normalized spacial score (nSPS) is 22.1. The first kappa shape index (κ1) is 15.4. The van der Waals surface area contributed by atoms with Gasteiger partial charge in [-0.3, -0.25) is 0 Å². The Morgan fingerprint density at radius 3 is 2.95 bits per heavy atom. The summed E-state index contributed by atoms with van der Waals surface area (Å²) in [6.07, 6.45) is 5.27. The van der Waals surface area contributed by atoms with Crippen molar-refractivity contribution in [2.75, 3.05) is 6.54 Å². The van der Waals surface area contributed by atoms with E-state index in [1.165, 1.54) is 31.7 Å². The van der Waals surface area contributed by atoms with Crippen LogP contribution in [0.5, 0.6) is 0 Å². The molecule has 0 saturated heterocycles. The van der Waals surface area contributed by atoms with Crippen molar-refractivity contribution in [3.05, 3.63) is 35.1 Å². The van der Waals surface area contributed by atoms with Crippen LogP contribution in [-0.2, 0) is 5.75 Å². The largest absolute Gasteiger partial charge is 0.320 e. The number of rotatable bonds is 3. The number of nitrogens with two attached hydrogens (primary N) is 1. The average molecular weight is 291 g/mol. The molecule has 0 amide bonds. The summed E-state index contributed by atoms with van der Waals surface area (Å²) in [6.45, 7) is 2.63. The van der Waals surface area contributed by atoms with Gasteiger partial charge in [0.2, 0.25) is 0 Å². The zero-order chi connectivity index (χ0) is 14.4. The van der Waals surface area contributed by atoms with Gasteiger partial charge in [-0.05, 0) is 42.5 Å². The van der Waals surface area contributed by atoms with Crippen molar-refractivity contribution in [3.8, 4) is 11.8 Å². The number of hydrogen-bond donors (Lipinski definition) is 1. The lowest BCUT2D eigenvalue weighted by Crippen LogP contribution is -2.15. The first-order chi connectivity index (χ1) is 9.67. The van der Waals surface area contributed by atoms with E-state index in [0.29, 0.717) is 6.54 Å². The van der Waals surface area contributed by atoms with E-state index in [1.807, 2.05) is 17.8 Å². The maximum Gasteiger partial charge on any atom is 0.124 e. The molecule has 0 heterocycles. The van der Waals surface area contributed by atoms with E-state index in [-0.39, 0.29) is 5.82 Å².